The second-order valence-corrected chi connectivity index (χ2v) is 8.59. The van der Waals surface area contributed by atoms with Crippen LogP contribution in [0.15, 0.2) is 61.1 Å². The average molecular weight is 536 g/mol. The number of tetrazole rings is 1. The first-order chi connectivity index (χ1) is 14.8. The highest BCUT2D eigenvalue weighted by atomic mass is 127. The van der Waals surface area contributed by atoms with Crippen molar-refractivity contribution in [2.75, 3.05) is 0 Å². The van der Waals surface area contributed by atoms with E-state index in [2.05, 4.69) is 43.2 Å². The summed E-state index contributed by atoms with van der Waals surface area (Å²) in [6, 6.07) is 13.0. The third-order valence-corrected chi connectivity index (χ3v) is 5.99. The van der Waals surface area contributed by atoms with Crippen LogP contribution in [0, 0.1) is 15.2 Å². The molecule has 1 N–H and O–H groups in total. The van der Waals surface area contributed by atoms with Gasteiger partial charge in [-0.05, 0) is 62.8 Å². The molecule has 7 nitrogen and oxygen atoms in total. The van der Waals surface area contributed by atoms with Crippen LogP contribution in [0.4, 0.5) is 8.78 Å². The normalized spacial score (nSPS) is 14.4. The van der Waals surface area contributed by atoms with Gasteiger partial charge in [0.2, 0.25) is 0 Å². The fourth-order valence-corrected chi connectivity index (χ4v) is 3.87. The van der Waals surface area contributed by atoms with E-state index in [9.17, 15) is 13.9 Å². The molecular weight excluding hydrogens is 517 g/mol. The lowest BCUT2D eigenvalue weighted by molar-refractivity contribution is -0.0128. The molecule has 0 aliphatic rings. The molecule has 0 aliphatic heterocycles. The first-order valence-electron chi connectivity index (χ1n) is 9.51. The summed E-state index contributed by atoms with van der Waals surface area (Å²) in [7, 11) is 0. The van der Waals surface area contributed by atoms with E-state index in [1.807, 2.05) is 30.5 Å². The Labute approximate surface area is 190 Å². The number of halogens is 3. The molecule has 2 heterocycles. The van der Waals surface area contributed by atoms with Crippen LogP contribution in [0.2, 0.25) is 0 Å². The molecule has 31 heavy (non-hydrogen) atoms. The van der Waals surface area contributed by atoms with Crippen LogP contribution in [0.25, 0.3) is 0 Å². The minimum atomic E-state index is -1.77. The molecule has 2 atom stereocenters. The maximum absolute atomic E-state index is 14.7. The Balaban J connectivity index is 1.66. The quantitative estimate of drug-likeness (QED) is 0.366. The Hall–Kier alpha value is -2.73. The number of nitrogens with zero attached hydrogens (tertiary/aromatic N) is 6. The van der Waals surface area contributed by atoms with Gasteiger partial charge in [0.1, 0.15) is 23.6 Å². The Kier molecular flexibility index (Phi) is 6.10. The van der Waals surface area contributed by atoms with Gasteiger partial charge in [0.15, 0.2) is 0 Å². The van der Waals surface area contributed by atoms with Crippen molar-refractivity contribution in [3.8, 4) is 0 Å². The summed E-state index contributed by atoms with van der Waals surface area (Å²) in [5.41, 5.74) is -0.181. The maximum atomic E-state index is 14.7. The third kappa shape index (κ3) is 4.64. The van der Waals surface area contributed by atoms with Gasteiger partial charge in [0, 0.05) is 27.3 Å². The van der Waals surface area contributed by atoms with E-state index in [0.717, 1.165) is 21.3 Å². The molecule has 0 radical (unpaired) electrons. The van der Waals surface area contributed by atoms with Gasteiger partial charge < -0.3 is 5.11 Å². The number of benzene rings is 2. The van der Waals surface area contributed by atoms with Crippen molar-refractivity contribution in [1.29, 1.82) is 0 Å². The van der Waals surface area contributed by atoms with E-state index in [0.29, 0.717) is 12.2 Å². The molecule has 2 aromatic carbocycles. The molecule has 4 aromatic rings. The van der Waals surface area contributed by atoms with Crippen LogP contribution in [-0.4, -0.2) is 35.1 Å². The Bertz CT molecular complexity index is 1170. The summed E-state index contributed by atoms with van der Waals surface area (Å²) in [5, 5.41) is 27.2. The first kappa shape index (κ1) is 21.5. The molecule has 0 bridgehead atoms. The molecule has 4 rings (SSSR count). The highest BCUT2D eigenvalue weighted by Crippen LogP contribution is 2.39. The molecule has 10 heteroatoms. The van der Waals surface area contributed by atoms with Gasteiger partial charge in [0.25, 0.3) is 0 Å². The molecule has 0 saturated heterocycles. The van der Waals surface area contributed by atoms with Crippen LogP contribution in [0.5, 0.6) is 0 Å². The van der Waals surface area contributed by atoms with Crippen LogP contribution < -0.4 is 0 Å². The molecule has 0 fully saturated rings. The lowest BCUT2D eigenvalue weighted by atomic mass is 9.80. The number of aromatic nitrogens is 6. The highest BCUT2D eigenvalue weighted by Gasteiger charge is 2.41. The summed E-state index contributed by atoms with van der Waals surface area (Å²) in [4.78, 5) is 0. The SMILES string of the molecule is C[C@@H](c1ccn(Cc2ccc(I)cc2)n1)[C@](O)(Cn1cnnn1)c1ccc(F)cc1F. The highest BCUT2D eigenvalue weighted by molar-refractivity contribution is 14.1. The second kappa shape index (κ2) is 8.79. The van der Waals surface area contributed by atoms with E-state index in [1.54, 1.807) is 17.7 Å². The van der Waals surface area contributed by atoms with Crippen molar-refractivity contribution in [3.05, 3.63) is 93.1 Å². The van der Waals surface area contributed by atoms with E-state index >= 15 is 0 Å². The summed E-state index contributed by atoms with van der Waals surface area (Å²) < 4.78 is 32.4. The van der Waals surface area contributed by atoms with Gasteiger partial charge in [-0.1, -0.05) is 25.1 Å². The molecule has 0 spiro atoms. The molecule has 0 saturated carbocycles. The van der Waals surface area contributed by atoms with Gasteiger partial charge in [-0.3, -0.25) is 4.68 Å². The Morgan fingerprint density at radius 3 is 2.55 bits per heavy atom. The Morgan fingerprint density at radius 2 is 1.87 bits per heavy atom. The molecule has 2 aromatic heterocycles. The van der Waals surface area contributed by atoms with Gasteiger partial charge >= 0.3 is 0 Å². The summed E-state index contributed by atoms with van der Waals surface area (Å²) >= 11 is 2.25. The van der Waals surface area contributed by atoms with Crippen molar-refractivity contribution in [1.82, 2.24) is 30.0 Å². The lowest BCUT2D eigenvalue weighted by Crippen LogP contribution is -2.38. The van der Waals surface area contributed by atoms with Crippen molar-refractivity contribution in [3.63, 3.8) is 0 Å². The number of hydrogen-bond donors (Lipinski definition) is 1. The van der Waals surface area contributed by atoms with E-state index in [1.165, 1.54) is 17.1 Å². The Morgan fingerprint density at radius 1 is 1.10 bits per heavy atom. The number of aliphatic hydroxyl groups is 1. The average Bonchev–Trinajstić information content (AvgIpc) is 3.41. The second-order valence-electron chi connectivity index (χ2n) is 7.34. The first-order valence-corrected chi connectivity index (χ1v) is 10.6. The van der Waals surface area contributed by atoms with Gasteiger partial charge in [-0.25, -0.2) is 13.5 Å². The van der Waals surface area contributed by atoms with Crippen LogP contribution in [0.1, 0.15) is 29.7 Å². The minimum Gasteiger partial charge on any atom is -0.382 e. The zero-order chi connectivity index (χ0) is 22.0. The molecule has 0 aliphatic carbocycles. The third-order valence-electron chi connectivity index (χ3n) is 5.27. The smallest absolute Gasteiger partial charge is 0.138 e. The molecule has 0 unspecified atom stereocenters. The van der Waals surface area contributed by atoms with Gasteiger partial charge in [-0.2, -0.15) is 5.10 Å². The molecule has 0 amide bonds. The largest absolute Gasteiger partial charge is 0.382 e. The molecule has 160 valence electrons. The van der Waals surface area contributed by atoms with Crippen LogP contribution in [0.3, 0.4) is 0 Å². The lowest BCUT2D eigenvalue weighted by Gasteiger charge is -2.33. The molecular formula is C21H19F2IN6O. The van der Waals surface area contributed by atoms with E-state index < -0.39 is 23.2 Å². The summed E-state index contributed by atoms with van der Waals surface area (Å²) in [6.45, 7) is 2.17. The number of rotatable bonds is 7. The number of hydrogen-bond acceptors (Lipinski definition) is 5. The monoisotopic (exact) mass is 536 g/mol. The van der Waals surface area contributed by atoms with Crippen molar-refractivity contribution in [2.45, 2.75) is 31.5 Å². The van der Waals surface area contributed by atoms with Crippen LogP contribution in [-0.2, 0) is 18.7 Å². The van der Waals surface area contributed by atoms with Crippen LogP contribution >= 0.6 is 22.6 Å². The zero-order valence-corrected chi connectivity index (χ0v) is 18.7. The van der Waals surface area contributed by atoms with Gasteiger partial charge in [-0.15, -0.1) is 5.10 Å². The summed E-state index contributed by atoms with van der Waals surface area (Å²) in [5.74, 6) is -2.21. The predicted molar refractivity (Wildman–Crippen MR) is 117 cm³/mol. The van der Waals surface area contributed by atoms with Crippen molar-refractivity contribution >= 4 is 22.6 Å². The fraction of sp³-hybridized carbons (Fsp3) is 0.238. The zero-order valence-electron chi connectivity index (χ0n) is 16.5. The van der Waals surface area contributed by atoms with E-state index in [-0.39, 0.29) is 12.1 Å². The fourth-order valence-electron chi connectivity index (χ4n) is 3.51. The topological polar surface area (TPSA) is 81.6 Å². The van der Waals surface area contributed by atoms with Crippen molar-refractivity contribution in [2.24, 2.45) is 0 Å². The van der Waals surface area contributed by atoms with E-state index in [4.69, 9.17) is 0 Å². The predicted octanol–water partition coefficient (Wildman–Crippen LogP) is 3.49. The standard InChI is InChI=1S/C21H19F2IN6O/c1-14(20-8-9-29(26-20)11-15-2-5-17(24)6-3-15)21(31,12-30-13-25-27-28-30)18-7-4-16(22)10-19(18)23/h2-10,13-14,31H,11-12H2,1H3/t14-,21+/m0/s1. The minimum absolute atomic E-state index is 0.0518. The maximum Gasteiger partial charge on any atom is 0.138 e. The summed E-state index contributed by atoms with van der Waals surface area (Å²) in [6.07, 6.45) is 3.14. The van der Waals surface area contributed by atoms with Crippen molar-refractivity contribution < 1.29 is 13.9 Å². The van der Waals surface area contributed by atoms with Gasteiger partial charge in [0.05, 0.1) is 18.8 Å².